The van der Waals surface area contributed by atoms with Crippen molar-refractivity contribution in [3.8, 4) is 0 Å². The number of amides is 2. The third-order valence-corrected chi connectivity index (χ3v) is 6.15. The first-order valence-corrected chi connectivity index (χ1v) is 11.5. The monoisotopic (exact) mass is 496 g/mol. The Balaban J connectivity index is 1.55. The number of esters is 2. The molecule has 2 amide bonds. The van der Waals surface area contributed by atoms with Crippen molar-refractivity contribution in [3.05, 3.63) is 59.7 Å². The molecule has 2 aromatic rings. The summed E-state index contributed by atoms with van der Waals surface area (Å²) in [6.45, 7) is 5.98. The average molecular weight is 497 g/mol. The number of rotatable bonds is 7. The number of anilines is 1. The van der Waals surface area contributed by atoms with Gasteiger partial charge in [0.25, 0.3) is 5.91 Å². The molecule has 2 aliphatic heterocycles. The molecule has 0 saturated carbocycles. The number of hydrogen-bond donors (Lipinski definition) is 2. The summed E-state index contributed by atoms with van der Waals surface area (Å²) in [5.41, 5.74) is 1.02. The number of benzene rings is 1. The fraction of sp³-hybridized carbons (Fsp3) is 0.385. The number of nitrogens with one attached hydrogen (secondary N) is 1. The van der Waals surface area contributed by atoms with Gasteiger partial charge in [-0.05, 0) is 69.5 Å². The molecule has 0 radical (unpaired) electrons. The molecular formula is C26H28N2O8. The first-order chi connectivity index (χ1) is 17.0. The van der Waals surface area contributed by atoms with Crippen LogP contribution < -0.4 is 5.32 Å². The van der Waals surface area contributed by atoms with Gasteiger partial charge in [0, 0.05) is 5.69 Å². The largest absolute Gasteiger partial charge is 0.459 e. The van der Waals surface area contributed by atoms with Crippen LogP contribution in [-0.2, 0) is 23.9 Å². The van der Waals surface area contributed by atoms with Gasteiger partial charge in [-0.2, -0.15) is 0 Å². The van der Waals surface area contributed by atoms with E-state index in [4.69, 9.17) is 13.9 Å². The van der Waals surface area contributed by atoms with Crippen LogP contribution in [0.2, 0.25) is 0 Å². The average Bonchev–Trinajstić information content (AvgIpc) is 3.45. The number of aliphatic hydroxyl groups is 1. The summed E-state index contributed by atoms with van der Waals surface area (Å²) in [5, 5.41) is 12.8. The molecule has 2 aliphatic rings. The van der Waals surface area contributed by atoms with Crippen molar-refractivity contribution in [2.45, 2.75) is 46.3 Å². The van der Waals surface area contributed by atoms with Gasteiger partial charge in [0.2, 0.25) is 12.7 Å². The zero-order valence-corrected chi connectivity index (χ0v) is 20.4. The fourth-order valence-electron chi connectivity index (χ4n) is 4.29. The predicted molar refractivity (Wildman–Crippen MR) is 127 cm³/mol. The van der Waals surface area contributed by atoms with Crippen LogP contribution in [0.25, 0.3) is 5.57 Å². The second-order valence-electron chi connectivity index (χ2n) is 9.81. The van der Waals surface area contributed by atoms with E-state index < -0.39 is 42.1 Å². The number of carbonyl (C=O) groups is 4. The predicted octanol–water partition coefficient (Wildman–Crippen LogP) is 2.94. The Labute approximate surface area is 207 Å². The van der Waals surface area contributed by atoms with Crippen molar-refractivity contribution in [2.75, 3.05) is 12.1 Å². The minimum atomic E-state index is -0.873. The lowest BCUT2D eigenvalue weighted by Crippen LogP contribution is -2.61. The van der Waals surface area contributed by atoms with Crippen LogP contribution in [-0.4, -0.2) is 52.7 Å². The van der Waals surface area contributed by atoms with Crippen molar-refractivity contribution in [3.63, 3.8) is 0 Å². The Bertz CT molecular complexity index is 1210. The second kappa shape index (κ2) is 9.62. The maximum absolute atomic E-state index is 13.0. The number of furan rings is 1. The molecule has 1 fully saturated rings. The van der Waals surface area contributed by atoms with Crippen LogP contribution in [0.5, 0.6) is 0 Å². The molecule has 1 aromatic heterocycles. The fourth-order valence-corrected chi connectivity index (χ4v) is 4.29. The molecular weight excluding hydrogens is 468 g/mol. The molecule has 0 bridgehead atoms. The number of nitrogens with zero attached hydrogens (tertiary/aromatic N) is 1. The highest BCUT2D eigenvalue weighted by Crippen LogP contribution is 2.47. The van der Waals surface area contributed by atoms with Crippen molar-refractivity contribution in [2.24, 2.45) is 11.3 Å². The number of β-lactam (4-membered cyclic amide) rings is 1. The number of ether oxygens (including phenoxy) is 2. The molecule has 0 spiro atoms. The van der Waals surface area contributed by atoms with Crippen molar-refractivity contribution >= 4 is 35.0 Å². The quantitative estimate of drug-likeness (QED) is 0.339. The number of fused-ring (bicyclic) bond motifs is 1. The van der Waals surface area contributed by atoms with E-state index in [-0.39, 0.29) is 23.4 Å². The van der Waals surface area contributed by atoms with Gasteiger partial charge in [-0.1, -0.05) is 12.1 Å². The minimum Gasteiger partial charge on any atom is -0.459 e. The second-order valence-corrected chi connectivity index (χ2v) is 9.81. The lowest BCUT2D eigenvalue weighted by Gasteiger charge is -2.44. The van der Waals surface area contributed by atoms with Crippen molar-refractivity contribution < 1.29 is 38.2 Å². The topological polar surface area (TPSA) is 135 Å². The minimum absolute atomic E-state index is 0.0566. The van der Waals surface area contributed by atoms with Gasteiger partial charge in [-0.25, -0.2) is 4.79 Å². The van der Waals surface area contributed by atoms with E-state index >= 15 is 0 Å². The summed E-state index contributed by atoms with van der Waals surface area (Å²) >= 11 is 0. The van der Waals surface area contributed by atoms with E-state index in [0.29, 0.717) is 23.2 Å². The van der Waals surface area contributed by atoms with E-state index in [2.05, 4.69) is 5.32 Å². The van der Waals surface area contributed by atoms with Crippen LogP contribution in [0.3, 0.4) is 0 Å². The van der Waals surface area contributed by atoms with Gasteiger partial charge < -0.3 is 29.2 Å². The maximum Gasteiger partial charge on any atom is 0.358 e. The van der Waals surface area contributed by atoms with E-state index in [1.165, 1.54) is 11.2 Å². The zero-order valence-electron chi connectivity index (χ0n) is 20.4. The Kier molecular flexibility index (Phi) is 6.73. The summed E-state index contributed by atoms with van der Waals surface area (Å²) in [4.78, 5) is 51.3. The van der Waals surface area contributed by atoms with E-state index in [9.17, 15) is 24.3 Å². The SMILES string of the molecule is C[C@@H](O)[C@H]1C(=O)N2C(C(=O)OCOC(=O)C(C)(C)C)=C(c3ccc(NC(=O)c4ccco4)cc3)C[C@H]12. The highest BCUT2D eigenvalue weighted by atomic mass is 16.7. The summed E-state index contributed by atoms with van der Waals surface area (Å²) in [6.07, 6.45) is 0.869. The number of aliphatic hydroxyl groups excluding tert-OH is 1. The molecule has 0 unspecified atom stereocenters. The van der Waals surface area contributed by atoms with Crippen LogP contribution in [0.15, 0.2) is 52.8 Å². The molecule has 2 N–H and O–H groups in total. The summed E-state index contributed by atoms with van der Waals surface area (Å²) in [7, 11) is 0. The Morgan fingerprint density at radius 2 is 1.86 bits per heavy atom. The van der Waals surface area contributed by atoms with Crippen LogP contribution >= 0.6 is 0 Å². The van der Waals surface area contributed by atoms with Crippen molar-refractivity contribution in [1.82, 2.24) is 4.90 Å². The van der Waals surface area contributed by atoms with E-state index in [1.807, 2.05) is 0 Å². The third kappa shape index (κ3) is 4.76. The lowest BCUT2D eigenvalue weighted by molar-refractivity contribution is -0.175. The molecule has 0 aliphatic carbocycles. The van der Waals surface area contributed by atoms with E-state index in [0.717, 1.165) is 0 Å². The highest BCUT2D eigenvalue weighted by molar-refractivity contribution is 6.07. The number of hydrogen-bond acceptors (Lipinski definition) is 8. The standard InChI is InChI=1S/C26H28N2O8/c1-14(29)20-18-12-17(15-7-9-16(10-8-15)27-22(30)19-6-5-11-34-19)21(28(18)23(20)31)24(32)35-13-36-25(33)26(2,3)4/h5-11,14,18,20,29H,12-13H2,1-4H3,(H,27,30)/t14-,18-,20-/m1/s1. The Hall–Kier alpha value is -3.92. The Morgan fingerprint density at radius 3 is 2.44 bits per heavy atom. The third-order valence-electron chi connectivity index (χ3n) is 6.15. The summed E-state index contributed by atoms with van der Waals surface area (Å²) < 4.78 is 15.3. The van der Waals surface area contributed by atoms with Crippen LogP contribution in [0.4, 0.5) is 5.69 Å². The highest BCUT2D eigenvalue weighted by Gasteiger charge is 2.57. The molecule has 10 heteroatoms. The zero-order chi connectivity index (χ0) is 26.2. The normalized spacial score (nSPS) is 19.9. The summed E-state index contributed by atoms with van der Waals surface area (Å²) in [6, 6.07) is 9.54. The first-order valence-electron chi connectivity index (χ1n) is 11.5. The maximum atomic E-state index is 13.0. The molecule has 3 atom stereocenters. The van der Waals surface area contributed by atoms with Gasteiger partial charge in [0.15, 0.2) is 5.76 Å². The van der Waals surface area contributed by atoms with Gasteiger partial charge in [-0.15, -0.1) is 0 Å². The number of carbonyl (C=O) groups excluding carboxylic acids is 4. The van der Waals surface area contributed by atoms with Crippen LogP contribution in [0, 0.1) is 11.3 Å². The first kappa shape index (κ1) is 25.2. The molecule has 1 aromatic carbocycles. The molecule has 3 heterocycles. The van der Waals surface area contributed by atoms with Crippen LogP contribution in [0.1, 0.15) is 50.2 Å². The molecule has 1 saturated heterocycles. The summed E-state index contributed by atoms with van der Waals surface area (Å²) in [5.74, 6) is -2.57. The molecule has 36 heavy (non-hydrogen) atoms. The van der Waals surface area contributed by atoms with Gasteiger partial charge in [0.05, 0.1) is 29.7 Å². The van der Waals surface area contributed by atoms with Crippen molar-refractivity contribution in [1.29, 1.82) is 0 Å². The van der Waals surface area contributed by atoms with E-state index in [1.54, 1.807) is 64.1 Å². The van der Waals surface area contributed by atoms with Gasteiger partial charge in [0.1, 0.15) is 5.70 Å². The molecule has 10 nitrogen and oxygen atoms in total. The van der Waals surface area contributed by atoms with Gasteiger partial charge in [-0.3, -0.25) is 14.4 Å². The lowest BCUT2D eigenvalue weighted by atomic mass is 9.82. The molecule has 4 rings (SSSR count). The smallest absolute Gasteiger partial charge is 0.358 e. The molecule has 190 valence electrons. The van der Waals surface area contributed by atoms with Gasteiger partial charge >= 0.3 is 11.9 Å². The Morgan fingerprint density at radius 1 is 1.17 bits per heavy atom.